The van der Waals surface area contributed by atoms with Gasteiger partial charge in [0.25, 0.3) is 0 Å². The van der Waals surface area contributed by atoms with Gasteiger partial charge in [0.1, 0.15) is 5.82 Å². The molecule has 0 spiro atoms. The normalized spacial score (nSPS) is 24.7. The molecule has 15 heavy (non-hydrogen) atoms. The van der Waals surface area contributed by atoms with Crippen LogP contribution in [0.15, 0.2) is 18.2 Å². The molecule has 2 nitrogen and oxygen atoms in total. The van der Waals surface area contributed by atoms with Crippen molar-refractivity contribution in [2.45, 2.75) is 18.9 Å². The van der Waals surface area contributed by atoms with Gasteiger partial charge in [-0.3, -0.25) is 0 Å². The number of rotatable bonds is 3. The van der Waals surface area contributed by atoms with Crippen molar-refractivity contribution in [2.75, 3.05) is 11.9 Å². The third kappa shape index (κ3) is 2.61. The SMILES string of the molecule is NC1CC(CNc2ccc(F)c(Cl)c2)C1. The zero-order valence-electron chi connectivity index (χ0n) is 8.34. The highest BCUT2D eigenvalue weighted by atomic mass is 35.5. The first-order valence-corrected chi connectivity index (χ1v) is 5.47. The van der Waals surface area contributed by atoms with Crippen molar-refractivity contribution < 1.29 is 4.39 Å². The van der Waals surface area contributed by atoms with Crippen molar-refractivity contribution in [2.24, 2.45) is 11.7 Å². The van der Waals surface area contributed by atoms with Gasteiger partial charge in [-0.2, -0.15) is 0 Å². The predicted molar refractivity (Wildman–Crippen MR) is 60.6 cm³/mol. The molecular weight excluding hydrogens is 215 g/mol. The van der Waals surface area contributed by atoms with E-state index in [1.165, 1.54) is 6.07 Å². The molecule has 0 bridgehead atoms. The van der Waals surface area contributed by atoms with E-state index in [1.54, 1.807) is 12.1 Å². The summed E-state index contributed by atoms with van der Waals surface area (Å²) in [6.07, 6.45) is 2.14. The minimum absolute atomic E-state index is 0.158. The van der Waals surface area contributed by atoms with Gasteiger partial charge in [-0.25, -0.2) is 4.39 Å². The van der Waals surface area contributed by atoms with E-state index in [2.05, 4.69) is 5.32 Å². The molecule has 0 heterocycles. The Morgan fingerprint density at radius 2 is 2.20 bits per heavy atom. The smallest absolute Gasteiger partial charge is 0.141 e. The van der Waals surface area contributed by atoms with Crippen molar-refractivity contribution in [3.05, 3.63) is 29.0 Å². The van der Waals surface area contributed by atoms with E-state index < -0.39 is 0 Å². The van der Waals surface area contributed by atoms with Gasteiger partial charge in [-0.15, -0.1) is 0 Å². The number of hydrogen-bond acceptors (Lipinski definition) is 2. The fraction of sp³-hybridized carbons (Fsp3) is 0.455. The molecular formula is C11H14ClFN2. The second kappa shape index (κ2) is 4.37. The maximum atomic E-state index is 12.8. The number of hydrogen-bond donors (Lipinski definition) is 2. The Bertz CT molecular complexity index is 350. The van der Waals surface area contributed by atoms with E-state index >= 15 is 0 Å². The fourth-order valence-electron chi connectivity index (χ4n) is 1.82. The second-order valence-corrected chi connectivity index (χ2v) is 4.51. The van der Waals surface area contributed by atoms with Crippen molar-refractivity contribution in [1.82, 2.24) is 0 Å². The molecule has 1 aromatic rings. The quantitative estimate of drug-likeness (QED) is 0.835. The van der Waals surface area contributed by atoms with E-state index in [0.29, 0.717) is 12.0 Å². The van der Waals surface area contributed by atoms with Crippen LogP contribution in [0.25, 0.3) is 0 Å². The summed E-state index contributed by atoms with van der Waals surface area (Å²) in [7, 11) is 0. The lowest BCUT2D eigenvalue weighted by atomic mass is 9.81. The monoisotopic (exact) mass is 228 g/mol. The zero-order chi connectivity index (χ0) is 10.8. The molecule has 0 aromatic heterocycles. The predicted octanol–water partition coefficient (Wildman–Crippen LogP) is 2.63. The summed E-state index contributed by atoms with van der Waals surface area (Å²) in [5.74, 6) is 0.261. The van der Waals surface area contributed by atoms with Gasteiger partial charge in [-0.1, -0.05) is 11.6 Å². The Morgan fingerprint density at radius 1 is 1.47 bits per heavy atom. The van der Waals surface area contributed by atoms with Crippen LogP contribution in [0.1, 0.15) is 12.8 Å². The standard InChI is InChI=1S/C11H14ClFN2/c12-10-5-9(1-2-11(10)13)15-6-7-3-8(14)4-7/h1-2,5,7-8,15H,3-4,6,14H2. The van der Waals surface area contributed by atoms with Crippen molar-refractivity contribution in [1.29, 1.82) is 0 Å². The summed E-state index contributed by atoms with van der Waals surface area (Å²) in [4.78, 5) is 0. The fourth-order valence-corrected chi connectivity index (χ4v) is 2.00. The Morgan fingerprint density at radius 3 is 2.80 bits per heavy atom. The molecule has 82 valence electrons. The number of nitrogens with one attached hydrogen (secondary N) is 1. The highest BCUT2D eigenvalue weighted by Gasteiger charge is 2.25. The molecule has 1 aliphatic carbocycles. The van der Waals surface area contributed by atoms with Crippen molar-refractivity contribution >= 4 is 17.3 Å². The minimum atomic E-state index is -0.382. The number of nitrogens with two attached hydrogens (primary N) is 1. The van der Waals surface area contributed by atoms with Crippen LogP contribution in [-0.4, -0.2) is 12.6 Å². The van der Waals surface area contributed by atoms with E-state index in [0.717, 1.165) is 25.1 Å². The number of benzene rings is 1. The average Bonchev–Trinajstić information content (AvgIpc) is 2.16. The summed E-state index contributed by atoms with van der Waals surface area (Å²) in [6, 6.07) is 5.04. The zero-order valence-corrected chi connectivity index (χ0v) is 9.10. The van der Waals surface area contributed by atoms with Crippen LogP contribution in [0, 0.1) is 11.7 Å². The lowest BCUT2D eigenvalue weighted by Crippen LogP contribution is -2.39. The summed E-state index contributed by atoms with van der Waals surface area (Å²) < 4.78 is 12.8. The molecule has 0 saturated heterocycles. The van der Waals surface area contributed by atoms with E-state index in [9.17, 15) is 4.39 Å². The van der Waals surface area contributed by atoms with Crippen LogP contribution >= 0.6 is 11.6 Å². The number of halogens is 2. The molecule has 0 radical (unpaired) electrons. The average molecular weight is 229 g/mol. The molecule has 2 rings (SSSR count). The summed E-state index contributed by atoms with van der Waals surface area (Å²) in [6.45, 7) is 0.885. The molecule has 1 fully saturated rings. The highest BCUT2D eigenvalue weighted by Crippen LogP contribution is 2.26. The molecule has 3 N–H and O–H groups in total. The van der Waals surface area contributed by atoms with Crippen LogP contribution in [0.2, 0.25) is 5.02 Å². The van der Waals surface area contributed by atoms with Crippen LogP contribution in [0.3, 0.4) is 0 Å². The van der Waals surface area contributed by atoms with Crippen molar-refractivity contribution in [3.63, 3.8) is 0 Å². The first-order chi connectivity index (χ1) is 7.15. The first kappa shape index (κ1) is 10.7. The maximum absolute atomic E-state index is 12.8. The van der Waals surface area contributed by atoms with Crippen molar-refractivity contribution in [3.8, 4) is 0 Å². The van der Waals surface area contributed by atoms with Gasteiger partial charge in [0.05, 0.1) is 5.02 Å². The Kier molecular flexibility index (Phi) is 3.12. The second-order valence-electron chi connectivity index (χ2n) is 4.11. The molecule has 1 aliphatic rings. The largest absolute Gasteiger partial charge is 0.385 e. The van der Waals surface area contributed by atoms with Gasteiger partial charge in [0, 0.05) is 18.3 Å². The van der Waals surface area contributed by atoms with Crippen LogP contribution in [0.5, 0.6) is 0 Å². The summed E-state index contributed by atoms with van der Waals surface area (Å²) in [5.41, 5.74) is 6.55. The Hall–Kier alpha value is -0.800. The Balaban J connectivity index is 1.86. The topological polar surface area (TPSA) is 38.0 Å². The van der Waals surface area contributed by atoms with Crippen LogP contribution < -0.4 is 11.1 Å². The first-order valence-electron chi connectivity index (χ1n) is 5.09. The molecule has 0 unspecified atom stereocenters. The summed E-state index contributed by atoms with van der Waals surface area (Å²) >= 11 is 5.67. The number of anilines is 1. The van der Waals surface area contributed by atoms with Crippen LogP contribution in [0.4, 0.5) is 10.1 Å². The molecule has 1 aromatic carbocycles. The lowest BCUT2D eigenvalue weighted by Gasteiger charge is -2.32. The van der Waals surface area contributed by atoms with Crippen LogP contribution in [-0.2, 0) is 0 Å². The van der Waals surface area contributed by atoms with E-state index in [-0.39, 0.29) is 10.8 Å². The van der Waals surface area contributed by atoms with E-state index in [4.69, 9.17) is 17.3 Å². The van der Waals surface area contributed by atoms with E-state index in [1.807, 2.05) is 0 Å². The molecule has 0 amide bonds. The van der Waals surface area contributed by atoms with Gasteiger partial charge in [-0.05, 0) is 37.0 Å². The van der Waals surface area contributed by atoms with Gasteiger partial charge in [0.2, 0.25) is 0 Å². The third-order valence-electron chi connectivity index (χ3n) is 2.79. The third-order valence-corrected chi connectivity index (χ3v) is 3.08. The van der Waals surface area contributed by atoms with Gasteiger partial charge < -0.3 is 11.1 Å². The van der Waals surface area contributed by atoms with Gasteiger partial charge in [0.15, 0.2) is 0 Å². The summed E-state index contributed by atoms with van der Waals surface area (Å²) in [5, 5.41) is 3.39. The minimum Gasteiger partial charge on any atom is -0.385 e. The van der Waals surface area contributed by atoms with Gasteiger partial charge >= 0.3 is 0 Å². The Labute approximate surface area is 93.6 Å². The molecule has 4 heteroatoms. The molecule has 1 saturated carbocycles. The molecule has 0 atom stereocenters. The highest BCUT2D eigenvalue weighted by molar-refractivity contribution is 6.31. The maximum Gasteiger partial charge on any atom is 0.141 e. The molecule has 0 aliphatic heterocycles. The lowest BCUT2D eigenvalue weighted by molar-refractivity contribution is 0.280.